The molecule has 0 aliphatic carbocycles. The molecule has 1 aliphatic heterocycles. The highest BCUT2D eigenvalue weighted by molar-refractivity contribution is 7.54. The lowest BCUT2D eigenvalue weighted by Gasteiger charge is -2.36. The molecule has 0 bridgehead atoms. The Morgan fingerprint density at radius 2 is 1.75 bits per heavy atom. The molecule has 2 unspecified atom stereocenters. The first-order valence-corrected chi connectivity index (χ1v) is 9.62. The van der Waals surface area contributed by atoms with Crippen molar-refractivity contribution >= 4 is 25.2 Å². The van der Waals surface area contributed by atoms with Crippen LogP contribution in [0.3, 0.4) is 0 Å². The summed E-state index contributed by atoms with van der Waals surface area (Å²) in [6, 6.07) is 6.60. The summed E-state index contributed by atoms with van der Waals surface area (Å²) in [5, 5.41) is 0.568. The molecular weight excluding hydrogens is 355 g/mol. The van der Waals surface area contributed by atoms with Crippen LogP contribution in [-0.4, -0.2) is 31.1 Å². The Hall–Kier alpha value is -1.07. The smallest absolute Gasteiger partial charge is 0.370 e. The second kappa shape index (κ2) is 7.44. The maximum Gasteiger partial charge on any atom is 0.370 e. The number of hydrogen-bond acceptors (Lipinski definition) is 6. The third-order valence-electron chi connectivity index (χ3n) is 3.46. The average Bonchev–Trinajstić information content (AvgIpc) is 2.52. The van der Waals surface area contributed by atoms with Crippen molar-refractivity contribution in [3.8, 4) is 5.75 Å². The molecule has 0 aromatic heterocycles. The van der Waals surface area contributed by atoms with E-state index in [4.69, 9.17) is 30.1 Å². The number of esters is 1. The van der Waals surface area contributed by atoms with Crippen molar-refractivity contribution in [2.75, 3.05) is 13.2 Å². The summed E-state index contributed by atoms with van der Waals surface area (Å²) in [5.41, 5.74) is -0.220. The van der Waals surface area contributed by atoms with E-state index in [-0.39, 0.29) is 18.6 Å². The van der Waals surface area contributed by atoms with Crippen LogP contribution in [0.1, 0.15) is 27.7 Å². The fourth-order valence-corrected chi connectivity index (χ4v) is 3.82. The lowest BCUT2D eigenvalue weighted by atomic mass is 9.97. The molecule has 0 amide bonds. The Bertz CT molecular complexity index is 616. The highest BCUT2D eigenvalue weighted by Gasteiger charge is 2.43. The summed E-state index contributed by atoms with van der Waals surface area (Å²) < 4.78 is 34.0. The molecule has 0 radical (unpaired) electrons. The minimum atomic E-state index is -3.48. The Morgan fingerprint density at radius 3 is 2.29 bits per heavy atom. The number of rotatable bonds is 5. The van der Waals surface area contributed by atoms with Gasteiger partial charge in [0.25, 0.3) is 0 Å². The number of ether oxygens (including phenoxy) is 2. The Labute approximate surface area is 146 Å². The molecule has 1 aromatic carbocycles. The summed E-state index contributed by atoms with van der Waals surface area (Å²) >= 11 is 5.79. The van der Waals surface area contributed by atoms with E-state index >= 15 is 0 Å². The molecule has 6 nitrogen and oxygen atoms in total. The Morgan fingerprint density at radius 1 is 1.21 bits per heavy atom. The van der Waals surface area contributed by atoms with Crippen molar-refractivity contribution in [3.63, 3.8) is 0 Å². The molecule has 1 heterocycles. The van der Waals surface area contributed by atoms with Gasteiger partial charge >= 0.3 is 13.6 Å². The number of benzene rings is 1. The fourth-order valence-electron chi connectivity index (χ4n) is 1.91. The van der Waals surface area contributed by atoms with Crippen molar-refractivity contribution in [1.82, 2.24) is 0 Å². The van der Waals surface area contributed by atoms with Gasteiger partial charge in [-0.3, -0.25) is 4.57 Å². The summed E-state index contributed by atoms with van der Waals surface area (Å²) in [6.45, 7) is 7.48. The van der Waals surface area contributed by atoms with E-state index in [0.717, 1.165) is 0 Å². The van der Waals surface area contributed by atoms with E-state index in [9.17, 15) is 9.36 Å². The van der Waals surface area contributed by atoms with Crippen LogP contribution < -0.4 is 4.74 Å². The van der Waals surface area contributed by atoms with Gasteiger partial charge in [0.1, 0.15) is 5.75 Å². The minimum absolute atomic E-state index is 0.220. The van der Waals surface area contributed by atoms with Crippen molar-refractivity contribution in [2.24, 2.45) is 5.41 Å². The first kappa shape index (κ1) is 19.3. The van der Waals surface area contributed by atoms with Gasteiger partial charge in [-0.15, -0.1) is 0 Å². The molecule has 1 aromatic rings. The SMILES string of the molecule is CC(Oc1ccc(Cl)cc1)C(=O)OC(C)P1(=O)OCC(C)(C)CO1. The Balaban J connectivity index is 1.91. The van der Waals surface area contributed by atoms with E-state index in [1.54, 1.807) is 31.2 Å². The van der Waals surface area contributed by atoms with Crippen molar-refractivity contribution in [3.05, 3.63) is 29.3 Å². The molecular formula is C16H22ClO6P. The molecule has 0 N–H and O–H groups in total. The molecule has 1 aliphatic rings. The summed E-state index contributed by atoms with van der Waals surface area (Å²) in [7, 11) is -3.48. The second-order valence-corrected chi connectivity index (χ2v) is 9.26. The maximum absolute atomic E-state index is 12.6. The highest BCUT2D eigenvalue weighted by atomic mass is 35.5. The van der Waals surface area contributed by atoms with Gasteiger partial charge in [-0.1, -0.05) is 25.4 Å². The number of halogens is 1. The van der Waals surface area contributed by atoms with Crippen molar-refractivity contribution in [1.29, 1.82) is 0 Å². The van der Waals surface area contributed by atoms with Gasteiger partial charge in [-0.05, 0) is 38.1 Å². The van der Waals surface area contributed by atoms with Crippen LogP contribution in [0.4, 0.5) is 0 Å². The zero-order valence-corrected chi connectivity index (χ0v) is 15.8. The van der Waals surface area contributed by atoms with Crippen LogP contribution in [0.15, 0.2) is 24.3 Å². The molecule has 1 fully saturated rings. The van der Waals surface area contributed by atoms with Crippen LogP contribution in [-0.2, 0) is 23.1 Å². The van der Waals surface area contributed by atoms with Gasteiger partial charge < -0.3 is 18.5 Å². The maximum atomic E-state index is 12.6. The molecule has 134 valence electrons. The van der Waals surface area contributed by atoms with Gasteiger partial charge in [0.2, 0.25) is 0 Å². The predicted octanol–water partition coefficient (Wildman–Crippen LogP) is 4.26. The van der Waals surface area contributed by atoms with Gasteiger partial charge in [-0.25, -0.2) is 4.79 Å². The van der Waals surface area contributed by atoms with E-state index in [0.29, 0.717) is 10.8 Å². The zero-order chi connectivity index (χ0) is 18.0. The number of hydrogen-bond donors (Lipinski definition) is 0. The van der Waals surface area contributed by atoms with Crippen LogP contribution in [0.2, 0.25) is 5.02 Å². The lowest BCUT2D eigenvalue weighted by molar-refractivity contribution is -0.153. The van der Waals surface area contributed by atoms with Gasteiger partial charge in [0.15, 0.2) is 11.9 Å². The van der Waals surface area contributed by atoms with E-state index in [1.807, 2.05) is 13.8 Å². The predicted molar refractivity (Wildman–Crippen MR) is 90.4 cm³/mol. The van der Waals surface area contributed by atoms with Crippen LogP contribution >= 0.6 is 19.2 Å². The van der Waals surface area contributed by atoms with E-state index in [2.05, 4.69) is 0 Å². The fraction of sp³-hybridized carbons (Fsp3) is 0.562. The normalized spacial score (nSPS) is 21.5. The lowest BCUT2D eigenvalue weighted by Crippen LogP contribution is -2.34. The molecule has 0 spiro atoms. The van der Waals surface area contributed by atoms with Crippen LogP contribution in [0.5, 0.6) is 5.75 Å². The molecule has 2 rings (SSSR count). The summed E-state index contributed by atoms with van der Waals surface area (Å²) in [5.74, 6) is -1.17. The zero-order valence-electron chi connectivity index (χ0n) is 14.2. The monoisotopic (exact) mass is 376 g/mol. The van der Waals surface area contributed by atoms with Crippen molar-refractivity contribution in [2.45, 2.75) is 39.6 Å². The van der Waals surface area contributed by atoms with Crippen LogP contribution in [0.25, 0.3) is 0 Å². The highest BCUT2D eigenvalue weighted by Crippen LogP contribution is 2.57. The van der Waals surface area contributed by atoms with Gasteiger partial charge in [-0.2, -0.15) is 0 Å². The van der Waals surface area contributed by atoms with E-state index in [1.165, 1.54) is 6.92 Å². The van der Waals surface area contributed by atoms with Crippen molar-refractivity contribution < 1.29 is 27.9 Å². The molecule has 0 saturated carbocycles. The quantitative estimate of drug-likeness (QED) is 0.564. The molecule has 2 atom stereocenters. The second-order valence-electron chi connectivity index (χ2n) is 6.50. The molecule has 24 heavy (non-hydrogen) atoms. The average molecular weight is 377 g/mol. The first-order valence-electron chi connectivity index (χ1n) is 7.63. The first-order chi connectivity index (χ1) is 11.1. The van der Waals surface area contributed by atoms with E-state index < -0.39 is 25.5 Å². The van der Waals surface area contributed by atoms with Crippen LogP contribution in [0, 0.1) is 5.41 Å². The standard InChI is InChI=1S/C16H22ClO6P/c1-11(22-14-7-5-13(17)6-8-14)15(18)23-12(2)24(19)20-9-16(3,4)10-21-24/h5-8,11-12H,9-10H2,1-4H3. The molecule has 1 saturated heterocycles. The van der Waals surface area contributed by atoms with Gasteiger partial charge in [0, 0.05) is 10.4 Å². The third kappa shape index (κ3) is 4.96. The van der Waals surface area contributed by atoms with Gasteiger partial charge in [0.05, 0.1) is 13.2 Å². The Kier molecular flexibility index (Phi) is 5.97. The molecule has 8 heteroatoms. The minimum Gasteiger partial charge on any atom is -0.479 e. The number of carbonyl (C=O) groups is 1. The largest absolute Gasteiger partial charge is 0.479 e. The summed E-state index contributed by atoms with van der Waals surface area (Å²) in [6.07, 6.45) is -0.874. The number of carbonyl (C=O) groups excluding carboxylic acids is 1. The summed E-state index contributed by atoms with van der Waals surface area (Å²) in [4.78, 5) is 12.1. The third-order valence-corrected chi connectivity index (χ3v) is 5.69. The topological polar surface area (TPSA) is 71.1 Å².